The molecule has 0 aliphatic carbocycles. The van der Waals surface area contributed by atoms with Gasteiger partial charge in [0.1, 0.15) is 0 Å². The van der Waals surface area contributed by atoms with E-state index in [0.717, 1.165) is 11.1 Å². The van der Waals surface area contributed by atoms with Crippen molar-refractivity contribution in [1.82, 2.24) is 10.7 Å². The molecular formula is C14H14N4O2. The zero-order valence-corrected chi connectivity index (χ0v) is 10.7. The number of amides is 2. The third-order valence-electron chi connectivity index (χ3n) is 3.34. The summed E-state index contributed by atoms with van der Waals surface area (Å²) in [7, 11) is 0. The molecule has 0 radical (unpaired) electrons. The average molecular weight is 270 g/mol. The van der Waals surface area contributed by atoms with Crippen LogP contribution in [0.5, 0.6) is 0 Å². The van der Waals surface area contributed by atoms with Crippen molar-refractivity contribution in [2.24, 2.45) is 5.84 Å². The van der Waals surface area contributed by atoms with Crippen LogP contribution in [0.25, 0.3) is 10.8 Å². The lowest BCUT2D eigenvalue weighted by molar-refractivity contribution is 0.0845. The van der Waals surface area contributed by atoms with Gasteiger partial charge in [0.25, 0.3) is 11.8 Å². The van der Waals surface area contributed by atoms with Gasteiger partial charge < -0.3 is 5.32 Å². The Morgan fingerprint density at radius 2 is 1.75 bits per heavy atom. The molecule has 1 aliphatic heterocycles. The molecule has 5 N–H and O–H groups in total. The van der Waals surface area contributed by atoms with Crippen LogP contribution in [-0.4, -0.2) is 24.9 Å². The number of hydrogen-bond donors (Lipinski definition) is 4. The Balaban J connectivity index is 2.16. The number of nitrogens with two attached hydrogens (primary N) is 1. The summed E-state index contributed by atoms with van der Waals surface area (Å²) in [5.74, 6) is 4.53. The molecular weight excluding hydrogens is 256 g/mol. The molecule has 102 valence electrons. The van der Waals surface area contributed by atoms with Crippen LogP contribution in [0.2, 0.25) is 0 Å². The molecule has 0 saturated carbocycles. The van der Waals surface area contributed by atoms with Crippen LogP contribution in [0.15, 0.2) is 30.3 Å². The Morgan fingerprint density at radius 1 is 1.00 bits per heavy atom. The van der Waals surface area contributed by atoms with Gasteiger partial charge in [-0.05, 0) is 18.2 Å². The number of anilines is 1. The van der Waals surface area contributed by atoms with E-state index in [9.17, 15) is 9.59 Å². The Morgan fingerprint density at radius 3 is 2.50 bits per heavy atom. The topological polar surface area (TPSA) is 96.2 Å². The first kappa shape index (κ1) is 12.6. The zero-order chi connectivity index (χ0) is 14.1. The van der Waals surface area contributed by atoms with E-state index in [-0.39, 0.29) is 11.8 Å². The summed E-state index contributed by atoms with van der Waals surface area (Å²) in [5, 5.41) is 7.14. The second-order valence-electron chi connectivity index (χ2n) is 4.55. The van der Waals surface area contributed by atoms with Crippen molar-refractivity contribution in [2.45, 2.75) is 0 Å². The minimum Gasteiger partial charge on any atom is -0.383 e. The third-order valence-corrected chi connectivity index (χ3v) is 3.34. The highest BCUT2D eigenvalue weighted by molar-refractivity contribution is 6.26. The van der Waals surface area contributed by atoms with Gasteiger partial charge in [0.15, 0.2) is 0 Å². The summed E-state index contributed by atoms with van der Waals surface area (Å²) in [5.41, 5.74) is 4.49. The fraction of sp³-hybridized carbons (Fsp3) is 0.143. The first-order valence-corrected chi connectivity index (χ1v) is 6.31. The molecule has 0 unspecified atom stereocenters. The quantitative estimate of drug-likeness (QED) is 0.282. The van der Waals surface area contributed by atoms with Crippen LogP contribution >= 0.6 is 0 Å². The fourth-order valence-corrected chi connectivity index (χ4v) is 2.45. The van der Waals surface area contributed by atoms with E-state index in [1.165, 1.54) is 0 Å². The van der Waals surface area contributed by atoms with Crippen LogP contribution in [0.3, 0.4) is 0 Å². The van der Waals surface area contributed by atoms with E-state index in [4.69, 9.17) is 5.84 Å². The third kappa shape index (κ3) is 1.91. The lowest BCUT2D eigenvalue weighted by Crippen LogP contribution is -2.34. The van der Waals surface area contributed by atoms with Gasteiger partial charge in [-0.15, -0.1) is 0 Å². The molecule has 0 saturated heterocycles. The number of hydrazine groups is 1. The van der Waals surface area contributed by atoms with Crippen molar-refractivity contribution in [3.63, 3.8) is 0 Å². The molecule has 1 heterocycles. The molecule has 0 spiro atoms. The van der Waals surface area contributed by atoms with Crippen molar-refractivity contribution in [3.8, 4) is 0 Å². The molecule has 2 aromatic rings. The summed E-state index contributed by atoms with van der Waals surface area (Å²) in [6.45, 7) is 1.26. The molecule has 0 fully saturated rings. The fourth-order valence-electron chi connectivity index (χ4n) is 2.45. The van der Waals surface area contributed by atoms with Crippen LogP contribution in [-0.2, 0) is 0 Å². The standard InChI is InChI=1S/C14H14N4O2/c15-17-7-6-16-11-5-4-10-12-8(11)2-1-3-9(12)13(19)18-14(10)20/h1-5,16-17H,6-7,15H2,(H,18,19,20). The van der Waals surface area contributed by atoms with E-state index in [2.05, 4.69) is 16.1 Å². The van der Waals surface area contributed by atoms with Gasteiger partial charge in [-0.2, -0.15) is 0 Å². The van der Waals surface area contributed by atoms with Crippen molar-refractivity contribution in [2.75, 3.05) is 18.4 Å². The highest BCUT2D eigenvalue weighted by Crippen LogP contribution is 2.31. The van der Waals surface area contributed by atoms with Crippen LogP contribution < -0.4 is 21.9 Å². The summed E-state index contributed by atoms with van der Waals surface area (Å²) >= 11 is 0. The number of carbonyl (C=O) groups is 2. The van der Waals surface area contributed by atoms with Gasteiger partial charge in [-0.1, -0.05) is 12.1 Å². The van der Waals surface area contributed by atoms with Crippen molar-refractivity contribution in [1.29, 1.82) is 0 Å². The number of imide groups is 1. The van der Waals surface area contributed by atoms with E-state index in [1.54, 1.807) is 12.1 Å². The van der Waals surface area contributed by atoms with Crippen molar-refractivity contribution >= 4 is 28.3 Å². The molecule has 6 heteroatoms. The van der Waals surface area contributed by atoms with Gasteiger partial charge in [0.2, 0.25) is 0 Å². The summed E-state index contributed by atoms with van der Waals surface area (Å²) < 4.78 is 0. The molecule has 20 heavy (non-hydrogen) atoms. The monoisotopic (exact) mass is 270 g/mol. The number of carbonyl (C=O) groups excluding carboxylic acids is 2. The maximum Gasteiger partial charge on any atom is 0.258 e. The number of hydrogen-bond acceptors (Lipinski definition) is 5. The molecule has 0 bridgehead atoms. The van der Waals surface area contributed by atoms with Crippen LogP contribution in [0, 0.1) is 0 Å². The van der Waals surface area contributed by atoms with Crippen molar-refractivity contribution < 1.29 is 9.59 Å². The highest BCUT2D eigenvalue weighted by atomic mass is 16.2. The number of nitrogens with one attached hydrogen (secondary N) is 3. The Kier molecular flexibility index (Phi) is 3.09. The Labute approximate surface area is 115 Å². The summed E-state index contributed by atoms with van der Waals surface area (Å²) in [6, 6.07) is 8.99. The first-order valence-electron chi connectivity index (χ1n) is 6.31. The SMILES string of the molecule is NNCCNc1ccc2c3c(cccc13)C(=O)NC2=O. The predicted molar refractivity (Wildman–Crippen MR) is 76.4 cm³/mol. The molecule has 3 rings (SSSR count). The number of benzene rings is 2. The van der Waals surface area contributed by atoms with E-state index in [0.29, 0.717) is 29.6 Å². The normalized spacial score (nSPS) is 13.4. The molecule has 6 nitrogen and oxygen atoms in total. The lowest BCUT2D eigenvalue weighted by Gasteiger charge is -2.19. The second-order valence-corrected chi connectivity index (χ2v) is 4.55. The largest absolute Gasteiger partial charge is 0.383 e. The van der Waals surface area contributed by atoms with Gasteiger partial charge in [-0.3, -0.25) is 26.2 Å². The van der Waals surface area contributed by atoms with Gasteiger partial charge in [-0.25, -0.2) is 0 Å². The maximum absolute atomic E-state index is 11.9. The smallest absolute Gasteiger partial charge is 0.258 e. The van der Waals surface area contributed by atoms with Crippen LogP contribution in [0.4, 0.5) is 5.69 Å². The Bertz CT molecular complexity index is 691. The average Bonchev–Trinajstić information content (AvgIpc) is 2.45. The van der Waals surface area contributed by atoms with E-state index >= 15 is 0 Å². The first-order chi connectivity index (χ1) is 9.72. The minimum absolute atomic E-state index is 0.353. The molecule has 1 aliphatic rings. The lowest BCUT2D eigenvalue weighted by atomic mass is 9.94. The predicted octanol–water partition coefficient (Wildman–Crippen LogP) is 0.599. The van der Waals surface area contributed by atoms with Gasteiger partial charge in [0.05, 0.1) is 0 Å². The van der Waals surface area contributed by atoms with Crippen LogP contribution in [0.1, 0.15) is 20.7 Å². The van der Waals surface area contributed by atoms with E-state index < -0.39 is 0 Å². The van der Waals surface area contributed by atoms with E-state index in [1.807, 2.05) is 18.2 Å². The highest BCUT2D eigenvalue weighted by Gasteiger charge is 2.25. The van der Waals surface area contributed by atoms with Gasteiger partial charge >= 0.3 is 0 Å². The maximum atomic E-state index is 11.9. The molecule has 0 atom stereocenters. The molecule has 2 amide bonds. The molecule has 0 aromatic heterocycles. The second kappa shape index (κ2) is 4.92. The zero-order valence-electron chi connectivity index (χ0n) is 10.7. The Hall–Kier alpha value is -2.44. The number of rotatable bonds is 4. The minimum atomic E-state index is -0.353. The van der Waals surface area contributed by atoms with Crippen molar-refractivity contribution in [3.05, 3.63) is 41.5 Å². The molecule has 2 aromatic carbocycles. The summed E-state index contributed by atoms with van der Waals surface area (Å²) in [6.07, 6.45) is 0. The summed E-state index contributed by atoms with van der Waals surface area (Å²) in [4.78, 5) is 23.8. The van der Waals surface area contributed by atoms with Gasteiger partial charge in [0, 0.05) is 40.7 Å².